The predicted molar refractivity (Wildman–Crippen MR) is 104 cm³/mol. The van der Waals surface area contributed by atoms with Crippen LogP contribution in [0.25, 0.3) is 10.9 Å². The van der Waals surface area contributed by atoms with Crippen LogP contribution in [0.1, 0.15) is 54.7 Å². The van der Waals surface area contributed by atoms with E-state index in [2.05, 4.69) is 57.8 Å². The molecule has 0 spiro atoms. The van der Waals surface area contributed by atoms with Crippen LogP contribution in [-0.4, -0.2) is 32.8 Å². The molecule has 1 atom stereocenters. The fourth-order valence-corrected chi connectivity index (χ4v) is 4.39. The Morgan fingerprint density at radius 2 is 1.92 bits per heavy atom. The maximum atomic E-state index is 4.79. The monoisotopic (exact) mass is 347 g/mol. The van der Waals surface area contributed by atoms with Gasteiger partial charge in [-0.3, -0.25) is 4.98 Å². The van der Waals surface area contributed by atoms with Gasteiger partial charge in [0, 0.05) is 36.1 Å². The molecule has 134 valence electrons. The molecule has 1 unspecified atom stereocenters. The average molecular weight is 347 g/mol. The maximum absolute atomic E-state index is 4.79. The highest BCUT2D eigenvalue weighted by atomic mass is 15.3. The molecule has 1 aliphatic carbocycles. The molecule has 3 heterocycles. The zero-order valence-electron chi connectivity index (χ0n) is 15.5. The summed E-state index contributed by atoms with van der Waals surface area (Å²) >= 11 is 0. The van der Waals surface area contributed by atoms with Gasteiger partial charge in [0.15, 0.2) is 0 Å². The lowest BCUT2D eigenvalue weighted by molar-refractivity contribution is 0.471. The maximum Gasteiger partial charge on any atom is 0.137 e. The highest BCUT2D eigenvalue weighted by Crippen LogP contribution is 2.40. The quantitative estimate of drug-likeness (QED) is 0.714. The van der Waals surface area contributed by atoms with Crippen molar-refractivity contribution in [3.8, 4) is 0 Å². The first-order chi connectivity index (χ1) is 12.7. The highest BCUT2D eigenvalue weighted by molar-refractivity contribution is 5.94. The Morgan fingerprint density at radius 3 is 2.77 bits per heavy atom. The second-order valence-electron chi connectivity index (χ2n) is 7.80. The zero-order chi connectivity index (χ0) is 17.7. The molecule has 5 rings (SSSR count). The molecule has 0 bridgehead atoms. The second kappa shape index (κ2) is 6.08. The highest BCUT2D eigenvalue weighted by Gasteiger charge is 2.32. The summed E-state index contributed by atoms with van der Waals surface area (Å²) in [6, 6.07) is 9.16. The molecular formula is C21H25N5. The van der Waals surface area contributed by atoms with Crippen LogP contribution in [0.5, 0.6) is 0 Å². The van der Waals surface area contributed by atoms with Crippen LogP contribution in [0, 0.1) is 13.8 Å². The number of aryl methyl sites for hydroxylation is 1. The van der Waals surface area contributed by atoms with E-state index >= 15 is 0 Å². The normalized spacial score (nSPS) is 20.7. The van der Waals surface area contributed by atoms with E-state index in [-0.39, 0.29) is 0 Å². The third-order valence-electron chi connectivity index (χ3n) is 5.99. The lowest BCUT2D eigenvalue weighted by Gasteiger charge is -2.36. The molecule has 0 N–H and O–H groups in total. The standard InChI is InChI=1S/C21H25N5/c1-14-15(2)23-19-8-4-3-7-18(19)20(14)25-11-5-6-16(12-25)21-24-22-13-26(21)17-9-10-17/h3-4,7-8,13,16-17H,5-6,9-12H2,1-2H3. The van der Waals surface area contributed by atoms with Gasteiger partial charge in [0.25, 0.3) is 0 Å². The molecule has 0 amide bonds. The molecule has 2 aliphatic rings. The van der Waals surface area contributed by atoms with Crippen molar-refractivity contribution in [2.45, 2.75) is 51.5 Å². The number of aromatic nitrogens is 4. The summed E-state index contributed by atoms with van der Waals surface area (Å²) in [5, 5.41) is 9.99. The fraction of sp³-hybridized carbons (Fsp3) is 0.476. The first kappa shape index (κ1) is 15.8. The Hall–Kier alpha value is -2.43. The molecule has 3 aromatic rings. The van der Waals surface area contributed by atoms with Crippen LogP contribution >= 0.6 is 0 Å². The smallest absolute Gasteiger partial charge is 0.137 e. The van der Waals surface area contributed by atoms with E-state index < -0.39 is 0 Å². The van der Waals surface area contributed by atoms with Crippen molar-refractivity contribution >= 4 is 16.6 Å². The number of pyridine rings is 1. The minimum absolute atomic E-state index is 0.457. The minimum Gasteiger partial charge on any atom is -0.370 e. The van der Waals surface area contributed by atoms with Crippen molar-refractivity contribution in [3.05, 3.63) is 47.7 Å². The van der Waals surface area contributed by atoms with E-state index in [1.54, 1.807) is 0 Å². The summed E-state index contributed by atoms with van der Waals surface area (Å²) in [5.41, 5.74) is 4.87. The van der Waals surface area contributed by atoms with Gasteiger partial charge in [-0.15, -0.1) is 10.2 Å². The number of hydrogen-bond acceptors (Lipinski definition) is 4. The van der Waals surface area contributed by atoms with Gasteiger partial charge < -0.3 is 9.47 Å². The van der Waals surface area contributed by atoms with Gasteiger partial charge in [0.05, 0.1) is 11.2 Å². The number of benzene rings is 1. The number of piperidine rings is 1. The SMILES string of the molecule is Cc1nc2ccccc2c(N2CCCC(c3nncn3C3CC3)C2)c1C. The predicted octanol–water partition coefficient (Wildman–Crippen LogP) is 4.16. The third kappa shape index (κ3) is 2.57. The lowest BCUT2D eigenvalue weighted by Crippen LogP contribution is -2.36. The summed E-state index contributed by atoms with van der Waals surface area (Å²) in [6.45, 7) is 6.44. The molecule has 2 aromatic heterocycles. The van der Waals surface area contributed by atoms with E-state index in [0.29, 0.717) is 12.0 Å². The summed E-state index contributed by atoms with van der Waals surface area (Å²) in [5.74, 6) is 1.64. The van der Waals surface area contributed by atoms with Crippen LogP contribution < -0.4 is 4.90 Å². The Kier molecular flexibility index (Phi) is 3.69. The first-order valence-electron chi connectivity index (χ1n) is 9.72. The van der Waals surface area contributed by atoms with Gasteiger partial charge in [-0.25, -0.2) is 0 Å². The number of nitrogens with zero attached hydrogens (tertiary/aromatic N) is 5. The summed E-state index contributed by atoms with van der Waals surface area (Å²) in [4.78, 5) is 7.35. The third-order valence-corrected chi connectivity index (χ3v) is 5.99. The fourth-order valence-electron chi connectivity index (χ4n) is 4.39. The van der Waals surface area contributed by atoms with E-state index in [4.69, 9.17) is 4.98 Å². The van der Waals surface area contributed by atoms with Gasteiger partial charge >= 0.3 is 0 Å². The van der Waals surface area contributed by atoms with E-state index in [1.807, 2.05) is 6.33 Å². The van der Waals surface area contributed by atoms with Crippen LogP contribution in [0.3, 0.4) is 0 Å². The molecular weight excluding hydrogens is 322 g/mol. The minimum atomic E-state index is 0.457. The Morgan fingerprint density at radius 1 is 1.08 bits per heavy atom. The van der Waals surface area contributed by atoms with Gasteiger partial charge in [-0.1, -0.05) is 18.2 Å². The van der Waals surface area contributed by atoms with Crippen molar-refractivity contribution in [1.29, 1.82) is 0 Å². The molecule has 1 saturated heterocycles. The van der Waals surface area contributed by atoms with Crippen molar-refractivity contribution in [1.82, 2.24) is 19.7 Å². The zero-order valence-corrected chi connectivity index (χ0v) is 15.5. The number of anilines is 1. The van der Waals surface area contributed by atoms with E-state index in [0.717, 1.165) is 24.3 Å². The number of rotatable bonds is 3. The summed E-state index contributed by atoms with van der Waals surface area (Å²) in [6.07, 6.45) is 6.87. The average Bonchev–Trinajstić information content (AvgIpc) is 3.39. The van der Waals surface area contributed by atoms with Crippen LogP contribution in [-0.2, 0) is 0 Å². The van der Waals surface area contributed by atoms with Crippen molar-refractivity contribution in [2.75, 3.05) is 18.0 Å². The summed E-state index contributed by atoms with van der Waals surface area (Å²) < 4.78 is 2.33. The number of fused-ring (bicyclic) bond motifs is 1. The van der Waals surface area contributed by atoms with Crippen LogP contribution in [0.2, 0.25) is 0 Å². The number of hydrogen-bond donors (Lipinski definition) is 0. The molecule has 1 aromatic carbocycles. The Bertz CT molecular complexity index is 956. The van der Waals surface area contributed by atoms with E-state index in [9.17, 15) is 0 Å². The lowest BCUT2D eigenvalue weighted by atomic mass is 9.95. The molecule has 1 aliphatic heterocycles. The molecule has 5 heteroatoms. The first-order valence-corrected chi connectivity index (χ1v) is 9.72. The second-order valence-corrected chi connectivity index (χ2v) is 7.80. The van der Waals surface area contributed by atoms with Gasteiger partial charge in [-0.2, -0.15) is 0 Å². The Balaban J connectivity index is 1.53. The number of para-hydroxylation sites is 1. The van der Waals surface area contributed by atoms with Gasteiger partial charge in [0.1, 0.15) is 12.2 Å². The Labute approximate surface area is 154 Å². The topological polar surface area (TPSA) is 46.8 Å². The summed E-state index contributed by atoms with van der Waals surface area (Å²) in [7, 11) is 0. The van der Waals surface area contributed by atoms with Crippen LogP contribution in [0.15, 0.2) is 30.6 Å². The molecule has 0 radical (unpaired) electrons. The van der Waals surface area contributed by atoms with Gasteiger partial charge in [0.2, 0.25) is 0 Å². The molecule has 5 nitrogen and oxygen atoms in total. The molecule has 26 heavy (non-hydrogen) atoms. The van der Waals surface area contributed by atoms with Crippen molar-refractivity contribution < 1.29 is 0 Å². The van der Waals surface area contributed by atoms with Gasteiger partial charge in [-0.05, 0) is 51.2 Å². The largest absolute Gasteiger partial charge is 0.370 e. The van der Waals surface area contributed by atoms with Crippen molar-refractivity contribution in [2.24, 2.45) is 0 Å². The molecule has 2 fully saturated rings. The van der Waals surface area contributed by atoms with Crippen molar-refractivity contribution in [3.63, 3.8) is 0 Å². The van der Waals surface area contributed by atoms with E-state index in [1.165, 1.54) is 48.1 Å². The van der Waals surface area contributed by atoms with Crippen LogP contribution in [0.4, 0.5) is 5.69 Å². The molecule has 1 saturated carbocycles.